The molecule has 132 valence electrons. The van der Waals surface area contributed by atoms with Crippen molar-refractivity contribution in [3.05, 3.63) is 95.0 Å². The van der Waals surface area contributed by atoms with Crippen LogP contribution < -0.4 is 10.6 Å². The average Bonchev–Trinajstić information content (AvgIpc) is 2.59. The normalized spacial score (nSPS) is 13.9. The first-order valence-corrected chi connectivity index (χ1v) is 10.4. The summed E-state index contributed by atoms with van der Waals surface area (Å²) in [4.78, 5) is 0. The Morgan fingerprint density at radius 3 is 1.68 bits per heavy atom. The molecule has 3 aromatic rings. The average molecular weight is 498 g/mol. The third-order valence-electron chi connectivity index (χ3n) is 3.82. The zero-order valence-corrected chi connectivity index (χ0v) is 18.6. The van der Waals surface area contributed by atoms with Crippen molar-refractivity contribution in [1.82, 2.24) is 0 Å². The monoisotopic (exact) mass is 496 g/mol. The van der Waals surface area contributed by atoms with Crippen molar-refractivity contribution in [1.29, 1.82) is 0 Å². The van der Waals surface area contributed by atoms with E-state index in [0.29, 0.717) is 17.2 Å². The van der Waals surface area contributed by atoms with Gasteiger partial charge in [0.25, 0.3) is 0 Å². The fourth-order valence-electron chi connectivity index (χ4n) is 2.59. The molecule has 0 aliphatic rings. The number of hydrogen-bond donors (Lipinski definition) is 0. The van der Waals surface area contributed by atoms with Gasteiger partial charge in [-0.1, -0.05) is 102 Å². The van der Waals surface area contributed by atoms with Crippen molar-refractivity contribution < 1.29 is 20.4 Å². The van der Waals surface area contributed by atoms with Crippen LogP contribution in [0.1, 0.15) is 11.1 Å². The van der Waals surface area contributed by atoms with E-state index in [1.165, 1.54) is 10.6 Å². The van der Waals surface area contributed by atoms with Gasteiger partial charge in [0.1, 0.15) is 4.36 Å². The molecule has 0 nitrogen and oxygen atoms in total. The van der Waals surface area contributed by atoms with Gasteiger partial charge < -0.3 is 0 Å². The van der Waals surface area contributed by atoms with Crippen LogP contribution in [0.4, 0.5) is 0 Å². The summed E-state index contributed by atoms with van der Waals surface area (Å²) in [6, 6.07) is 26.9. The van der Waals surface area contributed by atoms with Gasteiger partial charge in [-0.3, -0.25) is 0 Å². The molecular formula is C20H18Cl2P2Pd. The van der Waals surface area contributed by atoms with Crippen molar-refractivity contribution in [2.24, 2.45) is 0 Å². The van der Waals surface area contributed by atoms with Crippen molar-refractivity contribution in [2.45, 2.75) is 11.3 Å². The molecule has 0 amide bonds. The van der Waals surface area contributed by atoms with Gasteiger partial charge in [0.15, 0.2) is 0 Å². The van der Waals surface area contributed by atoms with Crippen LogP contribution in [-0.2, 0) is 24.8 Å². The second-order valence-corrected chi connectivity index (χ2v) is 10.8. The van der Waals surface area contributed by atoms with Crippen molar-refractivity contribution in [2.75, 3.05) is 0 Å². The van der Waals surface area contributed by atoms with Crippen molar-refractivity contribution in [3.63, 3.8) is 0 Å². The second-order valence-electron chi connectivity index (χ2n) is 5.55. The van der Waals surface area contributed by atoms with E-state index >= 15 is 0 Å². The van der Waals surface area contributed by atoms with Crippen LogP contribution >= 0.6 is 40.4 Å². The summed E-state index contributed by atoms with van der Waals surface area (Å²) in [6.07, 6.45) is 0. The molecule has 0 aliphatic carbocycles. The van der Waals surface area contributed by atoms with Gasteiger partial charge in [-0.2, -0.15) is 0 Å². The molecule has 2 atom stereocenters. The molecule has 0 saturated carbocycles. The number of benzene rings is 3. The maximum Gasteiger partial charge on any atom is 0.110 e. The van der Waals surface area contributed by atoms with Crippen LogP contribution in [0.15, 0.2) is 78.9 Å². The topological polar surface area (TPSA) is 0 Å². The minimum atomic E-state index is -0.475. The fourth-order valence-corrected chi connectivity index (χ4v) is 7.06. The molecule has 3 rings (SSSR count). The van der Waals surface area contributed by atoms with E-state index in [9.17, 15) is 0 Å². The Morgan fingerprint density at radius 2 is 1.20 bits per heavy atom. The first-order valence-electron chi connectivity index (χ1n) is 7.69. The predicted molar refractivity (Wildman–Crippen MR) is 113 cm³/mol. The molecule has 3 aromatic carbocycles. The molecule has 0 heterocycles. The van der Waals surface area contributed by atoms with Crippen LogP contribution in [0.2, 0.25) is 5.02 Å². The number of halogens is 2. The van der Waals surface area contributed by atoms with Crippen LogP contribution in [0.5, 0.6) is 0 Å². The molecular weight excluding hydrogens is 479 g/mol. The third kappa shape index (κ3) is 5.37. The summed E-state index contributed by atoms with van der Waals surface area (Å²) in [5.41, 5.74) is 2.20. The zero-order chi connectivity index (χ0) is 17.0. The first-order chi connectivity index (χ1) is 11.6. The summed E-state index contributed by atoms with van der Waals surface area (Å²) in [5, 5.41) is 3.29. The summed E-state index contributed by atoms with van der Waals surface area (Å²) >= 11 is 13.7. The summed E-state index contributed by atoms with van der Waals surface area (Å²) < 4.78 is -0.475. The summed E-state index contributed by atoms with van der Waals surface area (Å²) in [5.74, 6) is 0. The number of alkyl halides is 1. The Kier molecular flexibility index (Phi) is 8.11. The van der Waals surface area contributed by atoms with E-state index in [4.69, 9.17) is 23.2 Å². The van der Waals surface area contributed by atoms with E-state index in [-0.39, 0.29) is 20.4 Å². The molecule has 0 fully saturated rings. The molecule has 5 heteroatoms. The van der Waals surface area contributed by atoms with Crippen LogP contribution in [0.3, 0.4) is 0 Å². The molecule has 2 unspecified atom stereocenters. The van der Waals surface area contributed by atoms with Gasteiger partial charge in [0.2, 0.25) is 0 Å². The number of hydrogen-bond acceptors (Lipinski definition) is 0. The first kappa shape index (κ1) is 21.1. The Hall–Kier alpha value is -0.238. The van der Waals surface area contributed by atoms with Crippen LogP contribution in [0, 0.1) is 6.92 Å². The predicted octanol–water partition coefficient (Wildman–Crippen LogP) is 6.00. The maximum atomic E-state index is 7.28. The van der Waals surface area contributed by atoms with E-state index in [1.807, 2.05) is 24.3 Å². The van der Waals surface area contributed by atoms with Gasteiger partial charge in [-0.15, -0.1) is 11.6 Å². The molecule has 0 bridgehead atoms. The van der Waals surface area contributed by atoms with Gasteiger partial charge >= 0.3 is 0 Å². The largest absolute Gasteiger partial charge is 0.110 e. The second kappa shape index (κ2) is 9.63. The molecule has 0 radical (unpaired) electrons. The van der Waals surface area contributed by atoms with Gasteiger partial charge in [0, 0.05) is 25.4 Å². The zero-order valence-electron chi connectivity index (χ0n) is 13.6. The smallest absolute Gasteiger partial charge is 0.104 e. The van der Waals surface area contributed by atoms with Gasteiger partial charge in [-0.05, 0) is 34.7 Å². The van der Waals surface area contributed by atoms with E-state index in [2.05, 4.69) is 61.5 Å². The van der Waals surface area contributed by atoms with Crippen molar-refractivity contribution >= 4 is 51.0 Å². The molecule has 0 saturated heterocycles. The minimum Gasteiger partial charge on any atom is -0.104 e. The summed E-state index contributed by atoms with van der Waals surface area (Å²) in [6.45, 7) is 2.06. The quantitative estimate of drug-likeness (QED) is 0.230. The maximum absolute atomic E-state index is 7.28. The minimum absolute atomic E-state index is 0. The Bertz CT molecular complexity index is 769. The molecule has 0 N–H and O–H groups in total. The van der Waals surface area contributed by atoms with Gasteiger partial charge in [-0.25, -0.2) is 0 Å². The molecule has 0 aliphatic heterocycles. The van der Waals surface area contributed by atoms with Crippen molar-refractivity contribution in [3.8, 4) is 0 Å². The standard InChI is InChI=1S/C20H18Cl2P2.Pd/c1-15-18(13-8-14-19(15)21)20(22,23-16-9-4-2-5-10-16)24-17-11-6-3-7-12-17;/h2-14,23-24H,1H3;. The van der Waals surface area contributed by atoms with E-state index in [1.54, 1.807) is 0 Å². The van der Waals surface area contributed by atoms with E-state index in [0.717, 1.165) is 16.1 Å². The number of rotatable bonds is 5. The third-order valence-corrected chi connectivity index (χ3v) is 8.22. The Labute approximate surface area is 176 Å². The molecule has 25 heavy (non-hydrogen) atoms. The SMILES string of the molecule is Cc1c(Cl)cccc1C(Cl)(Pc1ccccc1)Pc1ccccc1.[Pd]. The van der Waals surface area contributed by atoms with E-state index < -0.39 is 4.36 Å². The Morgan fingerprint density at radius 1 is 0.720 bits per heavy atom. The van der Waals surface area contributed by atoms with Crippen LogP contribution in [-0.4, -0.2) is 0 Å². The van der Waals surface area contributed by atoms with Crippen LogP contribution in [0.25, 0.3) is 0 Å². The van der Waals surface area contributed by atoms with Gasteiger partial charge in [0.05, 0.1) is 0 Å². The molecule has 0 spiro atoms. The fraction of sp³-hybridized carbons (Fsp3) is 0.100. The summed E-state index contributed by atoms with van der Waals surface area (Å²) in [7, 11) is 0.927. The molecule has 0 aromatic heterocycles. The Balaban J connectivity index is 0.00000225.